The van der Waals surface area contributed by atoms with E-state index in [1.807, 2.05) is 0 Å². The Morgan fingerprint density at radius 2 is 2.15 bits per heavy atom. The molecule has 0 unspecified atom stereocenters. The lowest BCUT2D eigenvalue weighted by molar-refractivity contribution is -0.118. The zero-order chi connectivity index (χ0) is 14.9. The third-order valence-corrected chi connectivity index (χ3v) is 3.94. The number of amides is 1. The van der Waals surface area contributed by atoms with Crippen LogP contribution in [0.25, 0.3) is 0 Å². The highest BCUT2D eigenvalue weighted by Crippen LogP contribution is 2.59. The maximum Gasteiger partial charge on any atom is 0.229 e. The molecule has 20 heavy (non-hydrogen) atoms. The number of rotatable bonds is 4. The largest absolute Gasteiger partial charge is 0.493 e. The Bertz CT molecular complexity index is 545. The Morgan fingerprint density at radius 1 is 1.45 bits per heavy atom. The molecule has 1 heterocycles. The van der Waals surface area contributed by atoms with Crippen LogP contribution in [0.4, 0.5) is 5.82 Å². The molecule has 1 aliphatic rings. The number of carbonyl (C=O) groups excluding carboxylic acids is 1. The first-order chi connectivity index (χ1) is 9.37. The summed E-state index contributed by atoms with van der Waals surface area (Å²) in [5.41, 5.74) is 1.25. The number of methoxy groups -OCH3 is 1. The van der Waals surface area contributed by atoms with Gasteiger partial charge in [-0.25, -0.2) is 4.98 Å². The lowest BCUT2D eigenvalue weighted by atomic mass is 10.1. The number of aromatic nitrogens is 1. The van der Waals surface area contributed by atoms with Crippen LogP contribution in [0.5, 0.6) is 5.75 Å². The average molecular weight is 274 g/mol. The van der Waals surface area contributed by atoms with E-state index in [1.165, 1.54) is 5.57 Å². The number of allylic oxidation sites excluding steroid dienone is 2. The van der Waals surface area contributed by atoms with E-state index in [0.717, 1.165) is 0 Å². The summed E-state index contributed by atoms with van der Waals surface area (Å²) in [4.78, 5) is 16.6. The van der Waals surface area contributed by atoms with Crippen molar-refractivity contribution in [1.82, 2.24) is 4.98 Å². The maximum absolute atomic E-state index is 12.4. The van der Waals surface area contributed by atoms with E-state index in [-0.39, 0.29) is 17.2 Å². The molecule has 1 saturated carbocycles. The predicted molar refractivity (Wildman–Crippen MR) is 79.6 cm³/mol. The topological polar surface area (TPSA) is 51.2 Å². The number of nitrogens with one attached hydrogen (secondary N) is 1. The second kappa shape index (κ2) is 5.27. The summed E-state index contributed by atoms with van der Waals surface area (Å²) in [5, 5.41) is 2.88. The van der Waals surface area contributed by atoms with Crippen molar-refractivity contribution < 1.29 is 9.53 Å². The van der Waals surface area contributed by atoms with Crippen LogP contribution < -0.4 is 10.1 Å². The van der Waals surface area contributed by atoms with Crippen molar-refractivity contribution in [3.05, 3.63) is 30.0 Å². The zero-order valence-electron chi connectivity index (χ0n) is 12.7. The quantitative estimate of drug-likeness (QED) is 0.857. The van der Waals surface area contributed by atoms with Crippen LogP contribution >= 0.6 is 0 Å². The van der Waals surface area contributed by atoms with Gasteiger partial charge in [-0.2, -0.15) is 0 Å². The standard InChI is InChI=1S/C16H22N2O2/c1-10(2)9-11-13(16(11,3)4)15(19)18-14-12(20-5)7-6-8-17-14/h6-9,11,13H,1-5H3,(H,17,18,19)/t11-,13-/m0/s1. The Labute approximate surface area is 120 Å². The molecule has 1 fully saturated rings. The van der Waals surface area contributed by atoms with Crippen LogP contribution in [-0.4, -0.2) is 18.0 Å². The third-order valence-electron chi connectivity index (χ3n) is 3.94. The minimum atomic E-state index is -0.0101. The highest BCUT2D eigenvalue weighted by atomic mass is 16.5. The van der Waals surface area contributed by atoms with Gasteiger partial charge in [0.05, 0.1) is 13.0 Å². The molecule has 0 radical (unpaired) electrons. The van der Waals surface area contributed by atoms with Crippen molar-refractivity contribution in [2.24, 2.45) is 17.3 Å². The molecule has 0 aromatic carbocycles. The molecule has 0 bridgehead atoms. The average Bonchev–Trinajstić information content (AvgIpc) is 2.90. The van der Waals surface area contributed by atoms with Gasteiger partial charge in [0.2, 0.25) is 5.91 Å². The molecule has 2 rings (SSSR count). The van der Waals surface area contributed by atoms with Crippen molar-refractivity contribution in [3.8, 4) is 5.75 Å². The van der Waals surface area contributed by atoms with E-state index in [9.17, 15) is 4.79 Å². The number of nitrogens with zero attached hydrogens (tertiary/aromatic N) is 1. The fraction of sp³-hybridized carbons (Fsp3) is 0.500. The van der Waals surface area contributed by atoms with Crippen LogP contribution in [0.1, 0.15) is 27.7 Å². The van der Waals surface area contributed by atoms with E-state index >= 15 is 0 Å². The SMILES string of the molecule is COc1cccnc1NC(=O)[C@@H]1[C@H](C=C(C)C)C1(C)C. The van der Waals surface area contributed by atoms with Crippen molar-refractivity contribution in [2.75, 3.05) is 12.4 Å². The fourth-order valence-electron chi connectivity index (χ4n) is 2.69. The van der Waals surface area contributed by atoms with Gasteiger partial charge in [-0.05, 0) is 37.3 Å². The first kappa shape index (κ1) is 14.6. The fourth-order valence-corrected chi connectivity index (χ4v) is 2.69. The second-order valence-corrected chi connectivity index (χ2v) is 6.11. The minimum Gasteiger partial charge on any atom is -0.493 e. The van der Waals surface area contributed by atoms with Gasteiger partial charge in [0, 0.05) is 6.20 Å². The molecule has 1 aliphatic carbocycles. The van der Waals surface area contributed by atoms with Gasteiger partial charge in [-0.15, -0.1) is 0 Å². The second-order valence-electron chi connectivity index (χ2n) is 6.11. The van der Waals surface area contributed by atoms with Crippen LogP contribution in [-0.2, 0) is 4.79 Å². The van der Waals surface area contributed by atoms with E-state index in [4.69, 9.17) is 4.74 Å². The summed E-state index contributed by atoms with van der Waals surface area (Å²) in [7, 11) is 1.57. The Morgan fingerprint density at radius 3 is 2.75 bits per heavy atom. The van der Waals surface area contributed by atoms with E-state index in [0.29, 0.717) is 17.5 Å². The van der Waals surface area contributed by atoms with E-state index in [1.54, 1.807) is 25.4 Å². The molecular weight excluding hydrogens is 252 g/mol. The summed E-state index contributed by atoms with van der Waals surface area (Å²) >= 11 is 0. The number of ether oxygens (including phenoxy) is 1. The lowest BCUT2D eigenvalue weighted by Crippen LogP contribution is -2.18. The smallest absolute Gasteiger partial charge is 0.229 e. The number of hydrogen-bond acceptors (Lipinski definition) is 3. The molecule has 0 saturated heterocycles. The molecule has 1 aromatic rings. The van der Waals surface area contributed by atoms with E-state index < -0.39 is 0 Å². The van der Waals surface area contributed by atoms with Crippen molar-refractivity contribution in [2.45, 2.75) is 27.7 Å². The monoisotopic (exact) mass is 274 g/mol. The first-order valence-electron chi connectivity index (χ1n) is 6.83. The highest BCUT2D eigenvalue weighted by molar-refractivity contribution is 5.96. The third kappa shape index (κ3) is 2.69. The van der Waals surface area contributed by atoms with Crippen LogP contribution in [0.15, 0.2) is 30.0 Å². The summed E-state index contributed by atoms with van der Waals surface area (Å²) in [6.07, 6.45) is 3.82. The summed E-state index contributed by atoms with van der Waals surface area (Å²) < 4.78 is 5.20. The summed E-state index contributed by atoms with van der Waals surface area (Å²) in [6.45, 7) is 8.37. The van der Waals surface area contributed by atoms with E-state index in [2.05, 4.69) is 44.1 Å². The molecule has 108 valence electrons. The summed E-state index contributed by atoms with van der Waals surface area (Å²) in [6, 6.07) is 3.57. The Hall–Kier alpha value is -1.84. The van der Waals surface area contributed by atoms with Crippen LogP contribution in [0.2, 0.25) is 0 Å². The molecule has 1 N–H and O–H groups in total. The highest BCUT2D eigenvalue weighted by Gasteiger charge is 2.60. The Balaban J connectivity index is 2.12. The molecule has 2 atom stereocenters. The van der Waals surface area contributed by atoms with Gasteiger partial charge >= 0.3 is 0 Å². The number of anilines is 1. The van der Waals surface area contributed by atoms with Gasteiger partial charge < -0.3 is 10.1 Å². The molecule has 1 amide bonds. The van der Waals surface area contributed by atoms with Gasteiger partial charge in [0.15, 0.2) is 11.6 Å². The molecule has 4 nitrogen and oxygen atoms in total. The number of hydrogen-bond donors (Lipinski definition) is 1. The predicted octanol–water partition coefficient (Wildman–Crippen LogP) is 3.27. The van der Waals surface area contributed by atoms with Crippen molar-refractivity contribution in [1.29, 1.82) is 0 Å². The maximum atomic E-state index is 12.4. The van der Waals surface area contributed by atoms with Crippen LogP contribution in [0, 0.1) is 17.3 Å². The normalized spacial score (nSPS) is 22.9. The molecule has 1 aromatic heterocycles. The minimum absolute atomic E-state index is 0.00334. The van der Waals surface area contributed by atoms with Gasteiger partial charge in [-0.3, -0.25) is 4.79 Å². The number of carbonyl (C=O) groups is 1. The lowest BCUT2D eigenvalue weighted by Gasteiger charge is -2.09. The van der Waals surface area contributed by atoms with Gasteiger partial charge in [0.1, 0.15) is 0 Å². The molecular formula is C16H22N2O2. The van der Waals surface area contributed by atoms with Gasteiger partial charge in [-0.1, -0.05) is 25.5 Å². The molecule has 0 aliphatic heterocycles. The first-order valence-corrected chi connectivity index (χ1v) is 6.83. The number of pyridine rings is 1. The van der Waals surface area contributed by atoms with Gasteiger partial charge in [0.25, 0.3) is 0 Å². The van der Waals surface area contributed by atoms with Crippen molar-refractivity contribution >= 4 is 11.7 Å². The Kier molecular flexibility index (Phi) is 3.84. The van der Waals surface area contributed by atoms with Crippen molar-refractivity contribution in [3.63, 3.8) is 0 Å². The zero-order valence-corrected chi connectivity index (χ0v) is 12.7. The van der Waals surface area contributed by atoms with Crippen LogP contribution in [0.3, 0.4) is 0 Å². The molecule has 4 heteroatoms. The summed E-state index contributed by atoms with van der Waals surface area (Å²) in [5.74, 6) is 1.36. The molecule has 0 spiro atoms.